The average molecular weight is 775 g/mol. The second-order valence-corrected chi connectivity index (χ2v) is 15.3. The van der Waals surface area contributed by atoms with Crippen molar-refractivity contribution in [2.75, 3.05) is 49.9 Å². The maximum absolute atomic E-state index is 13.3. The number of carbonyl (C=O) groups is 2. The lowest BCUT2D eigenvalue weighted by Gasteiger charge is -2.25. The summed E-state index contributed by atoms with van der Waals surface area (Å²) in [6, 6.07) is 48.8. The Morgan fingerprint density at radius 1 is 0.483 bits per heavy atom. The Balaban J connectivity index is 0.904. The summed E-state index contributed by atoms with van der Waals surface area (Å²) < 4.78 is 0. The van der Waals surface area contributed by atoms with Gasteiger partial charge >= 0.3 is 0 Å². The summed E-state index contributed by atoms with van der Waals surface area (Å²) in [7, 11) is 0. The Labute approximate surface area is 342 Å². The smallest absolute Gasteiger partial charge is 0.244 e. The predicted molar refractivity (Wildman–Crippen MR) is 233 cm³/mol. The molecule has 5 aromatic carbocycles. The van der Waals surface area contributed by atoms with Crippen molar-refractivity contribution in [2.24, 2.45) is 0 Å². The molecule has 10 heteroatoms. The number of nitrogens with zero attached hydrogens (tertiary/aromatic N) is 4. The van der Waals surface area contributed by atoms with Gasteiger partial charge in [0.2, 0.25) is 11.8 Å². The van der Waals surface area contributed by atoms with Crippen LogP contribution in [0.25, 0.3) is 0 Å². The van der Waals surface area contributed by atoms with E-state index < -0.39 is 0 Å². The molecule has 2 heterocycles. The molecule has 0 aliphatic carbocycles. The van der Waals surface area contributed by atoms with Gasteiger partial charge in [0.05, 0.1) is 12.1 Å². The molecule has 0 spiro atoms. The maximum Gasteiger partial charge on any atom is 0.244 e. The Kier molecular flexibility index (Phi) is 13.5. The van der Waals surface area contributed by atoms with Gasteiger partial charge in [0.25, 0.3) is 0 Å². The number of hydrogen-bond acceptors (Lipinski definition) is 4. The van der Waals surface area contributed by atoms with Crippen LogP contribution in [0.3, 0.4) is 0 Å². The summed E-state index contributed by atoms with van der Waals surface area (Å²) >= 11 is 0. The van der Waals surface area contributed by atoms with Crippen LogP contribution in [0.1, 0.15) is 35.1 Å². The van der Waals surface area contributed by atoms with Gasteiger partial charge in [0, 0.05) is 37.6 Å². The van der Waals surface area contributed by atoms with E-state index >= 15 is 0 Å². The molecule has 2 amide bonds. The fourth-order valence-corrected chi connectivity index (χ4v) is 8.15. The molecule has 4 N–H and O–H groups in total. The number of aryl methyl sites for hydroxylation is 2. The van der Waals surface area contributed by atoms with Crippen LogP contribution >= 0.6 is 0 Å². The van der Waals surface area contributed by atoms with Crippen LogP contribution in [-0.2, 0) is 35.3 Å². The van der Waals surface area contributed by atoms with Crippen LogP contribution in [-0.4, -0.2) is 94.7 Å². The van der Waals surface area contributed by atoms with Crippen molar-refractivity contribution >= 4 is 35.1 Å². The largest absolute Gasteiger partial charge is 0.338 e. The Hall–Kier alpha value is -6.42. The fraction of sp³-hybridized carbons (Fsp3) is 0.292. The zero-order valence-electron chi connectivity index (χ0n) is 33.1. The number of carbonyl (C=O) groups excluding carboxylic acids is 2. The number of guanidine groups is 2. The van der Waals surface area contributed by atoms with Crippen LogP contribution in [0, 0.1) is 10.8 Å². The van der Waals surface area contributed by atoms with E-state index in [2.05, 4.69) is 93.2 Å². The third-order valence-corrected chi connectivity index (χ3v) is 11.1. The summed E-state index contributed by atoms with van der Waals surface area (Å²) in [4.78, 5) is 34.7. The molecule has 2 aliphatic rings. The number of rotatable bonds is 18. The maximum atomic E-state index is 13.3. The average Bonchev–Trinajstić information content (AvgIpc) is 3.68. The standard InChI is InChI=1S/C48H54N8O2/c49-47-53(33-43(31-39-19-9-3-10-20-39)55(47)29-13-23-37-15-5-1-6-16-37)35-45(57)51-41-25-27-42(28-26-41)52-46(58)36-54-34-44(32-40-21-11-4-12-22-40)56(48(54)50)30-14-24-38-17-7-2-8-18-38/h1-12,15-22,25-28,43-44,49-50H,13-14,23-24,29-36H2,(H,51,57)(H,52,58)/t43-,44-/m0/s1. The highest BCUT2D eigenvalue weighted by molar-refractivity contribution is 5.97. The number of amides is 2. The first-order valence-corrected chi connectivity index (χ1v) is 20.4. The van der Waals surface area contributed by atoms with E-state index in [9.17, 15) is 9.59 Å². The third kappa shape index (κ3) is 10.9. The molecule has 7 rings (SSSR count). The van der Waals surface area contributed by atoms with Gasteiger partial charge in [0.1, 0.15) is 13.1 Å². The van der Waals surface area contributed by atoms with E-state index in [0.29, 0.717) is 36.4 Å². The molecule has 5 aromatic rings. The zero-order valence-corrected chi connectivity index (χ0v) is 33.1. The quantitative estimate of drug-likeness (QED) is 0.0751. The van der Waals surface area contributed by atoms with Crippen molar-refractivity contribution in [3.05, 3.63) is 168 Å². The normalized spacial score (nSPS) is 16.6. The minimum atomic E-state index is -0.197. The molecule has 0 bridgehead atoms. The molecule has 0 radical (unpaired) electrons. The first-order valence-electron chi connectivity index (χ1n) is 20.4. The van der Waals surface area contributed by atoms with Crippen molar-refractivity contribution in [3.63, 3.8) is 0 Å². The molecule has 58 heavy (non-hydrogen) atoms. The lowest BCUT2D eigenvalue weighted by molar-refractivity contribution is -0.117. The van der Waals surface area contributed by atoms with Gasteiger partial charge in [-0.1, -0.05) is 121 Å². The van der Waals surface area contributed by atoms with Gasteiger partial charge in [-0.25, -0.2) is 0 Å². The van der Waals surface area contributed by atoms with Crippen LogP contribution in [0.2, 0.25) is 0 Å². The zero-order chi connectivity index (χ0) is 40.1. The van der Waals surface area contributed by atoms with Gasteiger partial charge in [-0.05, 0) is 85.0 Å². The van der Waals surface area contributed by atoms with Gasteiger partial charge in [-0.3, -0.25) is 20.4 Å². The molecule has 2 aliphatic heterocycles. The van der Waals surface area contributed by atoms with E-state index in [-0.39, 0.29) is 37.0 Å². The SMILES string of the molecule is N=C1N(CC(=O)Nc2ccc(NC(=O)CN3C[C@H](Cc4ccccc4)N(CCCc4ccccc4)C3=N)cc2)C[C@H](Cc2ccccc2)N1CCCc1ccccc1. The van der Waals surface area contributed by atoms with Crippen molar-refractivity contribution in [2.45, 2.75) is 50.6 Å². The molecule has 10 nitrogen and oxygen atoms in total. The topological polar surface area (TPSA) is 119 Å². The van der Waals surface area contributed by atoms with Gasteiger partial charge in [-0.2, -0.15) is 0 Å². The van der Waals surface area contributed by atoms with Crippen molar-refractivity contribution in [3.8, 4) is 0 Å². The first-order chi connectivity index (χ1) is 28.4. The Morgan fingerprint density at radius 2 is 0.810 bits per heavy atom. The summed E-state index contributed by atoms with van der Waals surface area (Å²) in [5.74, 6) is 0.374. The monoisotopic (exact) mass is 774 g/mol. The van der Waals surface area contributed by atoms with Crippen LogP contribution in [0.4, 0.5) is 11.4 Å². The molecule has 0 unspecified atom stereocenters. The minimum Gasteiger partial charge on any atom is -0.338 e. The number of benzene rings is 5. The molecule has 0 aromatic heterocycles. The predicted octanol–water partition coefficient (Wildman–Crippen LogP) is 7.16. The second kappa shape index (κ2) is 19.6. The Morgan fingerprint density at radius 3 is 1.16 bits per heavy atom. The molecule has 2 saturated heterocycles. The summed E-state index contributed by atoms with van der Waals surface area (Å²) in [6.45, 7) is 2.85. The highest BCUT2D eigenvalue weighted by atomic mass is 16.2. The highest BCUT2D eigenvalue weighted by Gasteiger charge is 2.36. The van der Waals surface area contributed by atoms with Crippen molar-refractivity contribution in [1.82, 2.24) is 19.6 Å². The minimum absolute atomic E-state index is 0.0775. The molecular formula is C48H54N8O2. The van der Waals surface area contributed by atoms with Gasteiger partial charge in [-0.15, -0.1) is 0 Å². The van der Waals surface area contributed by atoms with Crippen molar-refractivity contribution < 1.29 is 9.59 Å². The second-order valence-electron chi connectivity index (χ2n) is 15.3. The molecule has 0 saturated carbocycles. The number of anilines is 2. The summed E-state index contributed by atoms with van der Waals surface area (Å²) in [5.41, 5.74) is 6.23. The van der Waals surface area contributed by atoms with Crippen LogP contribution < -0.4 is 10.6 Å². The summed E-state index contributed by atoms with van der Waals surface area (Å²) in [6.07, 6.45) is 5.32. The summed E-state index contributed by atoms with van der Waals surface area (Å²) in [5, 5.41) is 24.1. The van der Waals surface area contributed by atoms with Crippen LogP contribution in [0.15, 0.2) is 146 Å². The van der Waals surface area contributed by atoms with Gasteiger partial charge in [0.15, 0.2) is 11.9 Å². The van der Waals surface area contributed by atoms with Crippen molar-refractivity contribution in [1.29, 1.82) is 10.8 Å². The van der Waals surface area contributed by atoms with E-state index in [4.69, 9.17) is 10.8 Å². The van der Waals surface area contributed by atoms with E-state index in [0.717, 1.165) is 51.6 Å². The number of nitrogens with one attached hydrogen (secondary N) is 4. The Bertz CT molecular complexity index is 1950. The lowest BCUT2D eigenvalue weighted by Crippen LogP contribution is -2.39. The third-order valence-electron chi connectivity index (χ3n) is 11.1. The van der Waals surface area contributed by atoms with E-state index in [1.165, 1.54) is 22.3 Å². The molecular weight excluding hydrogens is 721 g/mol. The first kappa shape index (κ1) is 39.8. The lowest BCUT2D eigenvalue weighted by atomic mass is 10.0. The molecule has 2 fully saturated rings. The van der Waals surface area contributed by atoms with E-state index in [1.807, 2.05) is 58.3 Å². The van der Waals surface area contributed by atoms with Gasteiger partial charge < -0.3 is 30.2 Å². The van der Waals surface area contributed by atoms with Crippen LogP contribution in [0.5, 0.6) is 0 Å². The highest BCUT2D eigenvalue weighted by Crippen LogP contribution is 2.23. The number of hydrogen-bond donors (Lipinski definition) is 4. The van der Waals surface area contributed by atoms with E-state index in [1.54, 1.807) is 24.3 Å². The molecule has 298 valence electrons. The molecule has 2 atom stereocenters. The fourth-order valence-electron chi connectivity index (χ4n) is 8.15.